The maximum atomic E-state index is 5.80. The minimum atomic E-state index is 0.581. The summed E-state index contributed by atoms with van der Waals surface area (Å²) in [5.41, 5.74) is 3.01. The van der Waals surface area contributed by atoms with Gasteiger partial charge in [-0.3, -0.25) is 0 Å². The molecule has 1 aliphatic carbocycles. The summed E-state index contributed by atoms with van der Waals surface area (Å²) in [4.78, 5) is 0. The predicted molar refractivity (Wildman–Crippen MR) is 76.3 cm³/mol. The molecule has 1 aromatic carbocycles. The minimum absolute atomic E-state index is 0.581. The van der Waals surface area contributed by atoms with Crippen LogP contribution in [0, 0.1) is 0 Å². The van der Waals surface area contributed by atoms with Crippen LogP contribution in [-0.2, 0) is 12.8 Å². The number of fused-ring (bicyclic) bond motifs is 1. The van der Waals surface area contributed by atoms with E-state index in [-0.39, 0.29) is 0 Å². The Hall–Kier alpha value is -1.02. The molecule has 18 heavy (non-hydrogen) atoms. The summed E-state index contributed by atoms with van der Waals surface area (Å²) in [5, 5.41) is 3.44. The molecule has 0 saturated carbocycles. The van der Waals surface area contributed by atoms with Gasteiger partial charge in [0.2, 0.25) is 0 Å². The van der Waals surface area contributed by atoms with Crippen LogP contribution in [0.5, 0.6) is 5.75 Å². The van der Waals surface area contributed by atoms with Crippen LogP contribution < -0.4 is 10.1 Å². The van der Waals surface area contributed by atoms with Crippen LogP contribution in [0.25, 0.3) is 0 Å². The number of ether oxygens (including phenoxy) is 1. The van der Waals surface area contributed by atoms with Gasteiger partial charge in [-0.05, 0) is 62.3 Å². The van der Waals surface area contributed by atoms with Crippen molar-refractivity contribution in [2.24, 2.45) is 0 Å². The molecule has 0 aliphatic heterocycles. The molecule has 1 atom stereocenters. The van der Waals surface area contributed by atoms with E-state index in [1.807, 2.05) is 0 Å². The first-order chi connectivity index (χ1) is 8.79. The van der Waals surface area contributed by atoms with Crippen molar-refractivity contribution in [3.8, 4) is 5.75 Å². The molecule has 1 unspecified atom stereocenters. The number of rotatable bonds is 6. The van der Waals surface area contributed by atoms with Gasteiger partial charge in [-0.2, -0.15) is 0 Å². The van der Waals surface area contributed by atoms with Crippen molar-refractivity contribution in [2.45, 2.75) is 52.0 Å². The first kappa shape index (κ1) is 13.4. The molecule has 0 radical (unpaired) electrons. The van der Waals surface area contributed by atoms with Gasteiger partial charge in [-0.1, -0.05) is 13.0 Å². The van der Waals surface area contributed by atoms with Crippen LogP contribution in [0.4, 0.5) is 0 Å². The number of hydrogen-bond donors (Lipinski definition) is 1. The first-order valence-electron chi connectivity index (χ1n) is 7.27. The number of nitrogens with one attached hydrogen (secondary N) is 1. The molecule has 0 amide bonds. The second-order valence-electron chi connectivity index (χ2n) is 5.25. The van der Waals surface area contributed by atoms with E-state index < -0.39 is 0 Å². The molecule has 1 aromatic rings. The number of benzene rings is 1. The highest BCUT2D eigenvalue weighted by Gasteiger charge is 2.09. The Morgan fingerprint density at radius 1 is 1.22 bits per heavy atom. The molecule has 2 nitrogen and oxygen atoms in total. The fourth-order valence-corrected chi connectivity index (χ4v) is 2.42. The zero-order chi connectivity index (χ0) is 12.8. The Morgan fingerprint density at radius 3 is 2.78 bits per heavy atom. The van der Waals surface area contributed by atoms with Crippen molar-refractivity contribution in [1.29, 1.82) is 0 Å². The summed E-state index contributed by atoms with van der Waals surface area (Å²) < 4.78 is 5.80. The largest absolute Gasteiger partial charge is 0.492 e. The normalized spacial score (nSPS) is 16.1. The maximum absolute atomic E-state index is 5.80. The predicted octanol–water partition coefficient (Wildman–Crippen LogP) is 3.33. The molecule has 2 heteroatoms. The van der Waals surface area contributed by atoms with Gasteiger partial charge >= 0.3 is 0 Å². The van der Waals surface area contributed by atoms with Gasteiger partial charge in [0.15, 0.2) is 0 Å². The summed E-state index contributed by atoms with van der Waals surface area (Å²) in [7, 11) is 0. The molecule has 0 heterocycles. The first-order valence-corrected chi connectivity index (χ1v) is 7.27. The summed E-state index contributed by atoms with van der Waals surface area (Å²) in [6, 6.07) is 7.17. The van der Waals surface area contributed by atoms with Gasteiger partial charge in [0.25, 0.3) is 0 Å². The SMILES string of the molecule is CCC(C)NCCOc1ccc2c(c1)CCCC2. The van der Waals surface area contributed by atoms with Crippen molar-refractivity contribution in [2.75, 3.05) is 13.2 Å². The van der Waals surface area contributed by atoms with Crippen molar-refractivity contribution in [1.82, 2.24) is 5.32 Å². The Labute approximate surface area is 111 Å². The van der Waals surface area contributed by atoms with Gasteiger partial charge in [0, 0.05) is 12.6 Å². The van der Waals surface area contributed by atoms with Crippen molar-refractivity contribution < 1.29 is 4.74 Å². The highest BCUT2D eigenvalue weighted by Crippen LogP contribution is 2.25. The molecule has 0 saturated heterocycles. The van der Waals surface area contributed by atoms with E-state index in [1.54, 1.807) is 0 Å². The van der Waals surface area contributed by atoms with Gasteiger partial charge in [0.05, 0.1) is 0 Å². The molecular weight excluding hydrogens is 222 g/mol. The Morgan fingerprint density at radius 2 is 2.00 bits per heavy atom. The van der Waals surface area contributed by atoms with Crippen molar-refractivity contribution >= 4 is 0 Å². The zero-order valence-corrected chi connectivity index (χ0v) is 11.7. The molecule has 0 fully saturated rings. The minimum Gasteiger partial charge on any atom is -0.492 e. The summed E-state index contributed by atoms with van der Waals surface area (Å²) in [6.45, 7) is 6.08. The van der Waals surface area contributed by atoms with Crippen molar-refractivity contribution in [3.63, 3.8) is 0 Å². The summed E-state index contributed by atoms with van der Waals surface area (Å²) in [5.74, 6) is 1.03. The lowest BCUT2D eigenvalue weighted by molar-refractivity contribution is 0.305. The van der Waals surface area contributed by atoms with Gasteiger partial charge in [-0.25, -0.2) is 0 Å². The molecular formula is C16H25NO. The van der Waals surface area contributed by atoms with E-state index in [1.165, 1.54) is 43.2 Å². The average Bonchev–Trinajstić information content (AvgIpc) is 2.43. The van der Waals surface area contributed by atoms with E-state index in [9.17, 15) is 0 Å². The summed E-state index contributed by atoms with van der Waals surface area (Å²) >= 11 is 0. The molecule has 1 N–H and O–H groups in total. The van der Waals surface area contributed by atoms with E-state index in [4.69, 9.17) is 4.74 Å². The topological polar surface area (TPSA) is 21.3 Å². The van der Waals surface area contributed by atoms with Crippen LogP contribution in [0.2, 0.25) is 0 Å². The molecule has 0 spiro atoms. The third-order valence-electron chi connectivity index (χ3n) is 3.80. The van der Waals surface area contributed by atoms with E-state index in [0.29, 0.717) is 6.04 Å². The lowest BCUT2D eigenvalue weighted by Gasteiger charge is -2.17. The molecule has 1 aliphatic rings. The second-order valence-corrected chi connectivity index (χ2v) is 5.25. The van der Waals surface area contributed by atoms with E-state index >= 15 is 0 Å². The Kier molecular flexibility index (Phi) is 5.06. The molecule has 100 valence electrons. The highest BCUT2D eigenvalue weighted by molar-refractivity contribution is 5.37. The fraction of sp³-hybridized carbons (Fsp3) is 0.625. The number of aryl methyl sites for hydroxylation is 2. The molecule has 0 aromatic heterocycles. The molecule has 0 bridgehead atoms. The average molecular weight is 247 g/mol. The third-order valence-corrected chi connectivity index (χ3v) is 3.80. The van der Waals surface area contributed by atoms with Gasteiger partial charge < -0.3 is 10.1 Å². The Balaban J connectivity index is 1.79. The molecule has 2 rings (SSSR count). The van der Waals surface area contributed by atoms with Gasteiger partial charge in [-0.15, -0.1) is 0 Å². The fourth-order valence-electron chi connectivity index (χ4n) is 2.42. The third kappa shape index (κ3) is 3.74. The van der Waals surface area contributed by atoms with Crippen LogP contribution in [-0.4, -0.2) is 19.2 Å². The van der Waals surface area contributed by atoms with Crippen LogP contribution in [0.3, 0.4) is 0 Å². The quantitative estimate of drug-likeness (QED) is 0.779. The smallest absolute Gasteiger partial charge is 0.119 e. The van der Waals surface area contributed by atoms with Crippen LogP contribution in [0.15, 0.2) is 18.2 Å². The monoisotopic (exact) mass is 247 g/mol. The number of hydrogen-bond acceptors (Lipinski definition) is 2. The zero-order valence-electron chi connectivity index (χ0n) is 11.7. The van der Waals surface area contributed by atoms with E-state index in [2.05, 4.69) is 37.4 Å². The van der Waals surface area contributed by atoms with E-state index in [0.717, 1.165) is 18.9 Å². The van der Waals surface area contributed by atoms with Crippen LogP contribution in [0.1, 0.15) is 44.2 Å². The highest BCUT2D eigenvalue weighted by atomic mass is 16.5. The van der Waals surface area contributed by atoms with Crippen LogP contribution >= 0.6 is 0 Å². The standard InChI is InChI=1S/C16H25NO/c1-3-13(2)17-10-11-18-16-9-8-14-6-4-5-7-15(14)12-16/h8-9,12-13,17H,3-7,10-11H2,1-2H3. The lowest BCUT2D eigenvalue weighted by Crippen LogP contribution is -2.29. The van der Waals surface area contributed by atoms with Gasteiger partial charge in [0.1, 0.15) is 12.4 Å². The maximum Gasteiger partial charge on any atom is 0.119 e. The lowest BCUT2D eigenvalue weighted by atomic mass is 9.92. The second kappa shape index (κ2) is 6.79. The summed E-state index contributed by atoms with van der Waals surface area (Å²) in [6.07, 6.45) is 6.29. The Bertz CT molecular complexity index is 375. The van der Waals surface area contributed by atoms with Crippen molar-refractivity contribution in [3.05, 3.63) is 29.3 Å².